The van der Waals surface area contributed by atoms with Gasteiger partial charge in [0.2, 0.25) is 5.91 Å². The van der Waals surface area contributed by atoms with E-state index in [0.29, 0.717) is 13.0 Å². The van der Waals surface area contributed by atoms with Crippen LogP contribution in [0.2, 0.25) is 0 Å². The Labute approximate surface area is 117 Å². The van der Waals surface area contributed by atoms with Crippen molar-refractivity contribution in [1.29, 1.82) is 0 Å². The first-order valence-corrected chi connectivity index (χ1v) is 6.82. The van der Waals surface area contributed by atoms with Gasteiger partial charge in [-0.15, -0.1) is 0 Å². The predicted octanol–water partition coefficient (Wildman–Crippen LogP) is -0.919. The first-order valence-electron chi connectivity index (χ1n) is 6.82. The molecule has 0 spiro atoms. The van der Waals surface area contributed by atoms with Crippen LogP contribution in [0.15, 0.2) is 0 Å². The number of carbonyl (C=O) groups excluding carboxylic acids is 1. The largest absolute Gasteiger partial charge is 0.480 e. The van der Waals surface area contributed by atoms with Crippen LogP contribution in [0.4, 0.5) is 0 Å². The average Bonchev–Trinajstić information content (AvgIpc) is 2.84. The van der Waals surface area contributed by atoms with Crippen molar-refractivity contribution < 1.29 is 24.5 Å². The number of amides is 1. The topological polar surface area (TPSA) is 122 Å². The van der Waals surface area contributed by atoms with Crippen LogP contribution in [-0.4, -0.2) is 53.0 Å². The number of carboxylic acid groups (broad SMARTS) is 1. The summed E-state index contributed by atoms with van der Waals surface area (Å²) in [5.41, 5.74) is 4.64. The third-order valence-corrected chi connectivity index (χ3v) is 4.85. The molecule has 0 aromatic heterocycles. The molecule has 1 saturated heterocycles. The van der Waals surface area contributed by atoms with E-state index in [4.69, 9.17) is 20.7 Å². The highest BCUT2D eigenvalue weighted by molar-refractivity contribution is 5.92. The molecule has 1 saturated carbocycles. The summed E-state index contributed by atoms with van der Waals surface area (Å²) < 4.78 is 5.60. The van der Waals surface area contributed by atoms with E-state index in [9.17, 15) is 9.59 Å². The van der Waals surface area contributed by atoms with Crippen LogP contribution in [0, 0.1) is 11.3 Å². The minimum Gasteiger partial charge on any atom is -0.480 e. The van der Waals surface area contributed by atoms with Gasteiger partial charge in [-0.3, -0.25) is 4.79 Å². The Kier molecular flexibility index (Phi) is 3.79. The number of aliphatic hydroxyl groups excluding tert-OH is 1. The molecule has 2 rings (SSSR count). The van der Waals surface area contributed by atoms with Gasteiger partial charge in [0.05, 0.1) is 6.10 Å². The molecule has 114 valence electrons. The summed E-state index contributed by atoms with van der Waals surface area (Å²) in [4.78, 5) is 23.5. The fourth-order valence-corrected chi connectivity index (χ4v) is 3.51. The van der Waals surface area contributed by atoms with Gasteiger partial charge in [-0.1, -0.05) is 13.8 Å². The van der Waals surface area contributed by atoms with Gasteiger partial charge in [-0.05, 0) is 6.42 Å². The van der Waals surface area contributed by atoms with E-state index >= 15 is 0 Å². The van der Waals surface area contributed by atoms with E-state index in [2.05, 4.69) is 5.32 Å². The van der Waals surface area contributed by atoms with Crippen molar-refractivity contribution in [2.24, 2.45) is 17.1 Å². The first-order chi connectivity index (χ1) is 9.26. The second-order valence-corrected chi connectivity index (χ2v) is 6.15. The van der Waals surface area contributed by atoms with Crippen molar-refractivity contribution in [2.45, 2.75) is 44.4 Å². The molecular formula is C13H22N2O5. The molecule has 7 heteroatoms. The van der Waals surface area contributed by atoms with Gasteiger partial charge in [0, 0.05) is 31.0 Å². The summed E-state index contributed by atoms with van der Waals surface area (Å²) in [6, 6.07) is -1.12. The molecule has 0 aromatic carbocycles. The number of hydrogen-bond donors (Lipinski definition) is 4. The molecule has 7 nitrogen and oxygen atoms in total. The second kappa shape index (κ2) is 4.98. The maximum atomic E-state index is 12.5. The van der Waals surface area contributed by atoms with Crippen molar-refractivity contribution in [2.75, 3.05) is 13.2 Å². The molecule has 1 aliphatic carbocycles. The normalized spacial score (nSPS) is 35.8. The van der Waals surface area contributed by atoms with Gasteiger partial charge < -0.3 is 26.0 Å². The monoisotopic (exact) mass is 286 g/mol. The highest BCUT2D eigenvalue weighted by atomic mass is 16.5. The SMILES string of the molecule is CC1(C)C2OCCC2C1(N)C(=O)NC(CCO)C(=O)O. The molecule has 4 unspecified atom stereocenters. The zero-order valence-corrected chi connectivity index (χ0v) is 11.8. The van der Waals surface area contributed by atoms with Crippen molar-refractivity contribution in [3.63, 3.8) is 0 Å². The van der Waals surface area contributed by atoms with Gasteiger partial charge in [0.1, 0.15) is 11.6 Å². The number of aliphatic hydroxyl groups is 1. The number of fused-ring (bicyclic) bond motifs is 1. The lowest BCUT2D eigenvalue weighted by atomic mass is 9.48. The van der Waals surface area contributed by atoms with Crippen LogP contribution in [0.3, 0.4) is 0 Å². The third kappa shape index (κ3) is 1.92. The van der Waals surface area contributed by atoms with E-state index < -0.39 is 28.9 Å². The fraction of sp³-hybridized carbons (Fsp3) is 0.846. The number of ether oxygens (including phenoxy) is 1. The number of carbonyl (C=O) groups is 2. The van der Waals surface area contributed by atoms with Crippen molar-refractivity contribution in [3.8, 4) is 0 Å². The van der Waals surface area contributed by atoms with Crippen LogP contribution in [0.5, 0.6) is 0 Å². The van der Waals surface area contributed by atoms with Gasteiger partial charge in [-0.2, -0.15) is 0 Å². The van der Waals surface area contributed by atoms with Crippen LogP contribution in [0.25, 0.3) is 0 Å². The number of nitrogens with two attached hydrogens (primary N) is 1. The molecule has 1 amide bonds. The van der Waals surface area contributed by atoms with Gasteiger partial charge in [0.25, 0.3) is 0 Å². The van der Waals surface area contributed by atoms with E-state index in [0.717, 1.165) is 0 Å². The molecule has 1 aliphatic heterocycles. The number of rotatable bonds is 5. The number of carboxylic acids is 1. The van der Waals surface area contributed by atoms with Crippen molar-refractivity contribution in [3.05, 3.63) is 0 Å². The lowest BCUT2D eigenvalue weighted by molar-refractivity contribution is -0.177. The van der Waals surface area contributed by atoms with Gasteiger partial charge >= 0.3 is 5.97 Å². The Hall–Kier alpha value is -1.18. The summed E-state index contributed by atoms with van der Waals surface area (Å²) in [5.74, 6) is -1.73. The Morgan fingerprint density at radius 1 is 1.50 bits per heavy atom. The Morgan fingerprint density at radius 3 is 2.70 bits per heavy atom. The Bertz CT molecular complexity index is 425. The minimum absolute atomic E-state index is 0.0395. The van der Waals surface area contributed by atoms with Gasteiger partial charge in [0.15, 0.2) is 0 Å². The third-order valence-electron chi connectivity index (χ3n) is 4.85. The Balaban J connectivity index is 2.13. The maximum Gasteiger partial charge on any atom is 0.326 e. The molecule has 2 aliphatic rings. The predicted molar refractivity (Wildman–Crippen MR) is 69.8 cm³/mol. The number of nitrogens with one attached hydrogen (secondary N) is 1. The summed E-state index contributed by atoms with van der Waals surface area (Å²) >= 11 is 0. The van der Waals surface area contributed by atoms with E-state index in [1.807, 2.05) is 13.8 Å². The highest BCUT2D eigenvalue weighted by Crippen LogP contribution is 2.58. The van der Waals surface area contributed by atoms with Crippen LogP contribution in [-0.2, 0) is 14.3 Å². The fourth-order valence-electron chi connectivity index (χ4n) is 3.51. The molecule has 5 N–H and O–H groups in total. The zero-order chi connectivity index (χ0) is 15.1. The lowest BCUT2D eigenvalue weighted by Gasteiger charge is -2.60. The molecule has 20 heavy (non-hydrogen) atoms. The summed E-state index contributed by atoms with van der Waals surface area (Å²) in [5, 5.41) is 20.3. The summed E-state index contributed by atoms with van der Waals surface area (Å²) in [6.45, 7) is 3.99. The van der Waals surface area contributed by atoms with Crippen LogP contribution >= 0.6 is 0 Å². The molecular weight excluding hydrogens is 264 g/mol. The van der Waals surface area contributed by atoms with E-state index in [1.54, 1.807) is 0 Å². The first kappa shape index (κ1) is 15.2. The van der Waals surface area contributed by atoms with E-state index in [1.165, 1.54) is 0 Å². The molecule has 0 radical (unpaired) electrons. The lowest BCUT2D eigenvalue weighted by Crippen LogP contribution is -2.80. The standard InChI is InChI=1S/C13H22N2O5/c1-12(2)9-7(4-6-20-9)13(12,14)11(19)15-8(3-5-16)10(17)18/h7-9,16H,3-6,14H2,1-2H3,(H,15,19)(H,17,18). The minimum atomic E-state index is -1.17. The van der Waals surface area contributed by atoms with Gasteiger partial charge in [-0.25, -0.2) is 4.79 Å². The summed E-state index contributed by atoms with van der Waals surface area (Å²) in [6.07, 6.45) is 0.608. The van der Waals surface area contributed by atoms with Crippen molar-refractivity contribution >= 4 is 11.9 Å². The molecule has 1 heterocycles. The van der Waals surface area contributed by atoms with Crippen LogP contribution in [0.1, 0.15) is 26.7 Å². The van der Waals surface area contributed by atoms with Crippen molar-refractivity contribution in [1.82, 2.24) is 5.32 Å². The molecule has 0 bridgehead atoms. The average molecular weight is 286 g/mol. The Morgan fingerprint density at radius 2 is 2.15 bits per heavy atom. The number of hydrogen-bond acceptors (Lipinski definition) is 5. The molecule has 0 aromatic rings. The zero-order valence-electron chi connectivity index (χ0n) is 11.8. The van der Waals surface area contributed by atoms with Crippen LogP contribution < -0.4 is 11.1 Å². The quantitative estimate of drug-likeness (QED) is 0.518. The highest BCUT2D eigenvalue weighted by Gasteiger charge is 2.71. The molecule has 2 fully saturated rings. The van der Waals surface area contributed by atoms with E-state index in [-0.39, 0.29) is 25.0 Å². The summed E-state index contributed by atoms with van der Waals surface area (Å²) in [7, 11) is 0. The number of aliphatic carboxylic acids is 1. The smallest absolute Gasteiger partial charge is 0.326 e. The molecule has 4 atom stereocenters. The second-order valence-electron chi connectivity index (χ2n) is 6.15. The maximum absolute atomic E-state index is 12.5.